The highest BCUT2D eigenvalue weighted by molar-refractivity contribution is 5.80. The SMILES string of the molecule is NCCN1CCC(c2ccc3[nH]ccc3c2)CC1. The summed E-state index contributed by atoms with van der Waals surface area (Å²) in [6.45, 7) is 4.20. The normalized spacial score (nSPS) is 18.5. The van der Waals surface area contributed by atoms with Crippen LogP contribution in [0.5, 0.6) is 0 Å². The molecule has 0 atom stereocenters. The summed E-state index contributed by atoms with van der Waals surface area (Å²) in [6, 6.07) is 8.98. The molecule has 1 saturated heterocycles. The summed E-state index contributed by atoms with van der Waals surface area (Å²) in [4.78, 5) is 5.73. The topological polar surface area (TPSA) is 45.0 Å². The van der Waals surface area contributed by atoms with Gasteiger partial charge in [-0.05, 0) is 61.0 Å². The molecule has 0 aliphatic carbocycles. The van der Waals surface area contributed by atoms with Gasteiger partial charge in [-0.1, -0.05) is 6.07 Å². The van der Waals surface area contributed by atoms with E-state index in [1.54, 1.807) is 0 Å². The van der Waals surface area contributed by atoms with E-state index in [0.29, 0.717) is 0 Å². The first-order valence-electron chi connectivity index (χ1n) is 6.86. The fraction of sp³-hybridized carbons (Fsp3) is 0.467. The summed E-state index contributed by atoms with van der Waals surface area (Å²) >= 11 is 0. The zero-order chi connectivity index (χ0) is 12.4. The van der Waals surface area contributed by atoms with Crippen LogP contribution in [0.25, 0.3) is 10.9 Å². The molecular weight excluding hydrogens is 222 g/mol. The second kappa shape index (κ2) is 5.12. The van der Waals surface area contributed by atoms with Gasteiger partial charge in [0.05, 0.1) is 0 Å². The summed E-state index contributed by atoms with van der Waals surface area (Å²) in [7, 11) is 0. The number of benzene rings is 1. The Morgan fingerprint density at radius 3 is 2.83 bits per heavy atom. The minimum Gasteiger partial charge on any atom is -0.361 e. The van der Waals surface area contributed by atoms with E-state index >= 15 is 0 Å². The molecule has 1 aromatic heterocycles. The number of hydrogen-bond donors (Lipinski definition) is 2. The molecule has 3 rings (SSSR count). The van der Waals surface area contributed by atoms with Gasteiger partial charge in [0.1, 0.15) is 0 Å². The zero-order valence-corrected chi connectivity index (χ0v) is 10.7. The van der Waals surface area contributed by atoms with Crippen molar-refractivity contribution in [3.8, 4) is 0 Å². The molecule has 18 heavy (non-hydrogen) atoms. The van der Waals surface area contributed by atoms with Crippen molar-refractivity contribution in [2.45, 2.75) is 18.8 Å². The van der Waals surface area contributed by atoms with Gasteiger partial charge in [-0.2, -0.15) is 0 Å². The monoisotopic (exact) mass is 243 g/mol. The second-order valence-electron chi connectivity index (χ2n) is 5.23. The molecule has 3 N–H and O–H groups in total. The van der Waals surface area contributed by atoms with Crippen molar-refractivity contribution in [1.29, 1.82) is 0 Å². The summed E-state index contributed by atoms with van der Waals surface area (Å²) in [5, 5.41) is 1.33. The first-order chi connectivity index (χ1) is 8.86. The van der Waals surface area contributed by atoms with E-state index in [1.807, 2.05) is 6.20 Å². The van der Waals surface area contributed by atoms with Gasteiger partial charge >= 0.3 is 0 Å². The average molecular weight is 243 g/mol. The van der Waals surface area contributed by atoms with Gasteiger partial charge in [0, 0.05) is 24.8 Å². The lowest BCUT2D eigenvalue weighted by atomic mass is 9.89. The van der Waals surface area contributed by atoms with Gasteiger partial charge in [0.2, 0.25) is 0 Å². The molecule has 3 heteroatoms. The molecule has 2 heterocycles. The number of nitrogens with two attached hydrogens (primary N) is 1. The van der Waals surface area contributed by atoms with Crippen LogP contribution in [0.4, 0.5) is 0 Å². The number of nitrogens with zero attached hydrogens (tertiary/aromatic N) is 1. The third kappa shape index (κ3) is 2.28. The minimum absolute atomic E-state index is 0.721. The van der Waals surface area contributed by atoms with Crippen molar-refractivity contribution >= 4 is 10.9 Å². The summed E-state index contributed by atoms with van der Waals surface area (Å²) in [5.74, 6) is 0.721. The Labute approximate surface area is 108 Å². The van der Waals surface area contributed by atoms with Crippen molar-refractivity contribution in [1.82, 2.24) is 9.88 Å². The van der Waals surface area contributed by atoms with Crippen LogP contribution >= 0.6 is 0 Å². The lowest BCUT2D eigenvalue weighted by molar-refractivity contribution is 0.218. The summed E-state index contributed by atoms with van der Waals surface area (Å²) < 4.78 is 0. The Morgan fingerprint density at radius 1 is 1.22 bits per heavy atom. The molecule has 0 bridgehead atoms. The van der Waals surface area contributed by atoms with Crippen molar-refractivity contribution in [3.05, 3.63) is 36.0 Å². The van der Waals surface area contributed by atoms with E-state index in [0.717, 1.165) is 19.0 Å². The average Bonchev–Trinajstić information content (AvgIpc) is 2.87. The van der Waals surface area contributed by atoms with Crippen LogP contribution in [0.15, 0.2) is 30.5 Å². The molecular formula is C15H21N3. The van der Waals surface area contributed by atoms with E-state index in [-0.39, 0.29) is 0 Å². The summed E-state index contributed by atoms with van der Waals surface area (Å²) in [5.41, 5.74) is 8.34. The third-order valence-corrected chi connectivity index (χ3v) is 4.08. The maximum absolute atomic E-state index is 5.61. The van der Waals surface area contributed by atoms with E-state index in [2.05, 4.69) is 34.1 Å². The van der Waals surface area contributed by atoms with Crippen LogP contribution in [0.3, 0.4) is 0 Å². The Hall–Kier alpha value is -1.32. The molecule has 0 amide bonds. The zero-order valence-electron chi connectivity index (χ0n) is 10.7. The molecule has 1 aliphatic rings. The number of piperidine rings is 1. The molecule has 0 spiro atoms. The molecule has 1 aliphatic heterocycles. The highest BCUT2D eigenvalue weighted by atomic mass is 15.1. The Kier molecular flexibility index (Phi) is 3.35. The molecule has 0 unspecified atom stereocenters. The molecule has 96 valence electrons. The maximum atomic E-state index is 5.61. The number of aromatic amines is 1. The van der Waals surface area contributed by atoms with Crippen LogP contribution < -0.4 is 5.73 Å². The highest BCUT2D eigenvalue weighted by Gasteiger charge is 2.20. The van der Waals surface area contributed by atoms with E-state index in [4.69, 9.17) is 5.73 Å². The largest absolute Gasteiger partial charge is 0.361 e. The van der Waals surface area contributed by atoms with Crippen molar-refractivity contribution in [3.63, 3.8) is 0 Å². The Balaban J connectivity index is 1.71. The number of aromatic nitrogens is 1. The van der Waals surface area contributed by atoms with Crippen LogP contribution in [0.2, 0.25) is 0 Å². The first kappa shape index (κ1) is 11.8. The van der Waals surface area contributed by atoms with Crippen molar-refractivity contribution in [2.24, 2.45) is 5.73 Å². The lowest BCUT2D eigenvalue weighted by Gasteiger charge is -2.31. The number of likely N-dealkylation sites (tertiary alicyclic amines) is 1. The van der Waals surface area contributed by atoms with Crippen LogP contribution in [0.1, 0.15) is 24.3 Å². The number of rotatable bonds is 3. The molecule has 3 nitrogen and oxygen atoms in total. The number of H-pyrrole nitrogens is 1. The van der Waals surface area contributed by atoms with Gasteiger partial charge in [-0.15, -0.1) is 0 Å². The lowest BCUT2D eigenvalue weighted by Crippen LogP contribution is -2.36. The van der Waals surface area contributed by atoms with E-state index in [1.165, 1.54) is 42.4 Å². The van der Waals surface area contributed by atoms with E-state index < -0.39 is 0 Å². The van der Waals surface area contributed by atoms with Crippen LogP contribution in [-0.4, -0.2) is 36.1 Å². The molecule has 0 radical (unpaired) electrons. The Bertz CT molecular complexity index is 509. The molecule has 2 aromatic rings. The van der Waals surface area contributed by atoms with Gasteiger partial charge in [0.25, 0.3) is 0 Å². The molecule has 0 saturated carbocycles. The fourth-order valence-electron chi connectivity index (χ4n) is 3.00. The van der Waals surface area contributed by atoms with Crippen LogP contribution in [-0.2, 0) is 0 Å². The number of nitrogens with one attached hydrogen (secondary N) is 1. The molecule has 1 fully saturated rings. The number of fused-ring (bicyclic) bond motifs is 1. The van der Waals surface area contributed by atoms with Gasteiger partial charge in [-0.3, -0.25) is 0 Å². The van der Waals surface area contributed by atoms with Crippen molar-refractivity contribution < 1.29 is 0 Å². The Morgan fingerprint density at radius 2 is 2.06 bits per heavy atom. The van der Waals surface area contributed by atoms with Gasteiger partial charge in [-0.25, -0.2) is 0 Å². The predicted molar refractivity (Wildman–Crippen MR) is 75.8 cm³/mol. The van der Waals surface area contributed by atoms with Gasteiger partial charge in [0.15, 0.2) is 0 Å². The standard InChI is InChI=1S/C15H21N3/c16-6-10-18-8-4-12(5-9-18)13-1-2-15-14(11-13)3-7-17-15/h1-3,7,11-12,17H,4-6,8-10,16H2. The number of hydrogen-bond acceptors (Lipinski definition) is 2. The molecule has 1 aromatic carbocycles. The van der Waals surface area contributed by atoms with Crippen molar-refractivity contribution in [2.75, 3.05) is 26.2 Å². The van der Waals surface area contributed by atoms with Crippen LogP contribution in [0, 0.1) is 0 Å². The fourth-order valence-corrected chi connectivity index (χ4v) is 3.00. The summed E-state index contributed by atoms with van der Waals surface area (Å²) in [6.07, 6.45) is 4.53. The quantitative estimate of drug-likeness (QED) is 0.869. The minimum atomic E-state index is 0.721. The predicted octanol–water partition coefficient (Wildman–Crippen LogP) is 2.31. The van der Waals surface area contributed by atoms with Gasteiger partial charge < -0.3 is 15.6 Å². The third-order valence-electron chi connectivity index (χ3n) is 4.08. The maximum Gasteiger partial charge on any atom is 0.0454 e. The van der Waals surface area contributed by atoms with E-state index in [9.17, 15) is 0 Å². The smallest absolute Gasteiger partial charge is 0.0454 e. The second-order valence-corrected chi connectivity index (χ2v) is 5.23. The first-order valence-corrected chi connectivity index (χ1v) is 6.86. The highest BCUT2D eigenvalue weighted by Crippen LogP contribution is 2.29.